The maximum Gasteiger partial charge on any atom is 0.219 e. The van der Waals surface area contributed by atoms with E-state index in [4.69, 9.17) is 0 Å². The largest absolute Gasteiger partial charge is 0.356 e. The molecule has 120 valence electrons. The Labute approximate surface area is 131 Å². The van der Waals surface area contributed by atoms with E-state index in [0.29, 0.717) is 6.42 Å². The van der Waals surface area contributed by atoms with Crippen LogP contribution in [0.3, 0.4) is 0 Å². The van der Waals surface area contributed by atoms with Crippen molar-refractivity contribution in [3.05, 3.63) is 0 Å². The lowest BCUT2D eigenvalue weighted by Crippen LogP contribution is -2.21. The van der Waals surface area contributed by atoms with E-state index in [-0.39, 0.29) is 5.91 Å². The van der Waals surface area contributed by atoms with E-state index >= 15 is 0 Å². The minimum absolute atomic E-state index is 0.213. The van der Waals surface area contributed by atoms with Crippen LogP contribution >= 0.6 is 12.6 Å². The van der Waals surface area contributed by atoms with Crippen molar-refractivity contribution in [3.8, 4) is 0 Å². The number of nitrogens with one attached hydrogen (secondary N) is 1. The molecule has 0 saturated heterocycles. The van der Waals surface area contributed by atoms with Crippen LogP contribution in [0.5, 0.6) is 0 Å². The Morgan fingerprint density at radius 1 is 0.750 bits per heavy atom. The van der Waals surface area contributed by atoms with Gasteiger partial charge in [-0.05, 0) is 25.5 Å². The Balaban J connectivity index is 3.01. The number of carbonyl (C=O) groups is 1. The van der Waals surface area contributed by atoms with E-state index in [0.717, 1.165) is 18.7 Å². The van der Waals surface area contributed by atoms with Crippen molar-refractivity contribution < 1.29 is 4.79 Å². The molecule has 0 aliphatic carbocycles. The van der Waals surface area contributed by atoms with Gasteiger partial charge in [-0.15, -0.1) is 0 Å². The summed E-state index contributed by atoms with van der Waals surface area (Å²) in [5, 5.41) is 2.85. The molecule has 0 unspecified atom stereocenters. The quantitative estimate of drug-likeness (QED) is 0.319. The van der Waals surface area contributed by atoms with Crippen LogP contribution in [0.15, 0.2) is 0 Å². The molecular weight excluding hydrogens is 266 g/mol. The van der Waals surface area contributed by atoms with Crippen molar-refractivity contribution in [2.45, 2.75) is 90.4 Å². The average Bonchev–Trinajstić information content (AvgIpc) is 2.44. The number of hydrogen-bond acceptors (Lipinski definition) is 2. The summed E-state index contributed by atoms with van der Waals surface area (Å²) in [4.78, 5) is 11.2. The van der Waals surface area contributed by atoms with Crippen molar-refractivity contribution in [1.82, 2.24) is 5.32 Å². The summed E-state index contributed by atoms with van der Waals surface area (Å²) in [5.41, 5.74) is 0. The van der Waals surface area contributed by atoms with E-state index in [1.54, 1.807) is 0 Å². The normalized spacial score (nSPS) is 10.7. The molecule has 0 aromatic carbocycles. The smallest absolute Gasteiger partial charge is 0.219 e. The molecule has 0 rings (SSSR count). The summed E-state index contributed by atoms with van der Waals surface area (Å²) in [7, 11) is 0. The molecule has 0 radical (unpaired) electrons. The third-order valence-corrected chi connectivity index (χ3v) is 4.00. The van der Waals surface area contributed by atoms with Crippen LogP contribution in [0.1, 0.15) is 90.4 Å². The van der Waals surface area contributed by atoms with Gasteiger partial charge in [-0.25, -0.2) is 0 Å². The highest BCUT2D eigenvalue weighted by molar-refractivity contribution is 7.80. The third kappa shape index (κ3) is 15.9. The molecule has 2 nitrogen and oxygen atoms in total. The average molecular weight is 302 g/mol. The molecular formula is C17H35NOS. The second-order valence-corrected chi connectivity index (χ2v) is 6.12. The van der Waals surface area contributed by atoms with Crippen molar-refractivity contribution in [2.75, 3.05) is 12.3 Å². The Morgan fingerprint density at radius 2 is 1.15 bits per heavy atom. The van der Waals surface area contributed by atoms with Gasteiger partial charge in [-0.1, -0.05) is 64.2 Å². The second-order valence-electron chi connectivity index (χ2n) is 5.67. The summed E-state index contributed by atoms with van der Waals surface area (Å²) in [6.07, 6.45) is 16.6. The Morgan fingerprint density at radius 3 is 1.55 bits per heavy atom. The lowest BCUT2D eigenvalue weighted by atomic mass is 10.0. The molecule has 0 atom stereocenters. The van der Waals surface area contributed by atoms with Crippen LogP contribution in [-0.2, 0) is 4.79 Å². The van der Waals surface area contributed by atoms with Crippen molar-refractivity contribution in [3.63, 3.8) is 0 Å². The summed E-state index contributed by atoms with van der Waals surface area (Å²) < 4.78 is 0. The number of amides is 1. The number of thiol groups is 1. The molecule has 0 fully saturated rings. The molecule has 0 bridgehead atoms. The molecule has 20 heavy (non-hydrogen) atoms. The van der Waals surface area contributed by atoms with Crippen LogP contribution in [0.25, 0.3) is 0 Å². The van der Waals surface area contributed by atoms with Crippen LogP contribution in [0, 0.1) is 0 Å². The zero-order chi connectivity index (χ0) is 14.9. The second kappa shape index (κ2) is 16.9. The topological polar surface area (TPSA) is 29.1 Å². The zero-order valence-electron chi connectivity index (χ0n) is 13.5. The highest BCUT2D eigenvalue weighted by Crippen LogP contribution is 2.12. The number of carbonyl (C=O) groups excluding carboxylic acids is 1. The first-order valence-corrected chi connectivity index (χ1v) is 9.32. The Bertz CT molecular complexity index is 209. The van der Waals surface area contributed by atoms with Gasteiger partial charge in [0, 0.05) is 13.0 Å². The van der Waals surface area contributed by atoms with Gasteiger partial charge in [0.15, 0.2) is 0 Å². The van der Waals surface area contributed by atoms with E-state index < -0.39 is 0 Å². The highest BCUT2D eigenvalue weighted by Gasteiger charge is 1.98. The third-order valence-electron chi connectivity index (χ3n) is 3.69. The van der Waals surface area contributed by atoms with Gasteiger partial charge in [0.2, 0.25) is 5.91 Å². The van der Waals surface area contributed by atoms with Gasteiger partial charge in [0.25, 0.3) is 0 Å². The van der Waals surface area contributed by atoms with Crippen LogP contribution in [0.2, 0.25) is 0 Å². The molecule has 0 aromatic rings. The van der Waals surface area contributed by atoms with E-state index in [1.165, 1.54) is 70.6 Å². The van der Waals surface area contributed by atoms with Gasteiger partial charge < -0.3 is 5.32 Å². The van der Waals surface area contributed by atoms with Gasteiger partial charge >= 0.3 is 0 Å². The molecule has 3 heteroatoms. The highest BCUT2D eigenvalue weighted by atomic mass is 32.1. The molecule has 0 heterocycles. The lowest BCUT2D eigenvalue weighted by Gasteiger charge is -2.03. The summed E-state index contributed by atoms with van der Waals surface area (Å²) in [6, 6.07) is 0. The molecule has 0 aromatic heterocycles. The molecule has 1 N–H and O–H groups in total. The standard InChI is InChI=1S/C17H35NOS/c1-2-18-17(19)15-13-11-9-7-5-3-4-6-8-10-12-14-16-20/h20H,2-16H2,1H3,(H,18,19). The van der Waals surface area contributed by atoms with Crippen LogP contribution in [0.4, 0.5) is 0 Å². The van der Waals surface area contributed by atoms with Gasteiger partial charge in [-0.2, -0.15) is 12.6 Å². The molecule has 0 aliphatic heterocycles. The van der Waals surface area contributed by atoms with Crippen molar-refractivity contribution in [2.24, 2.45) is 0 Å². The van der Waals surface area contributed by atoms with Gasteiger partial charge in [-0.3, -0.25) is 4.79 Å². The first-order valence-electron chi connectivity index (χ1n) is 8.68. The summed E-state index contributed by atoms with van der Waals surface area (Å²) in [6.45, 7) is 2.73. The monoisotopic (exact) mass is 301 g/mol. The van der Waals surface area contributed by atoms with E-state index in [9.17, 15) is 4.79 Å². The molecule has 0 spiro atoms. The van der Waals surface area contributed by atoms with Gasteiger partial charge in [0.05, 0.1) is 0 Å². The number of hydrogen-bond donors (Lipinski definition) is 2. The van der Waals surface area contributed by atoms with Crippen LogP contribution in [-0.4, -0.2) is 18.2 Å². The minimum atomic E-state index is 0.213. The predicted octanol–water partition coefficient (Wildman–Crippen LogP) is 5.12. The fraction of sp³-hybridized carbons (Fsp3) is 0.941. The SMILES string of the molecule is CCNC(=O)CCCCCCCCCCCCCCS. The maximum absolute atomic E-state index is 11.2. The minimum Gasteiger partial charge on any atom is -0.356 e. The number of unbranched alkanes of at least 4 members (excludes halogenated alkanes) is 11. The summed E-state index contributed by atoms with van der Waals surface area (Å²) >= 11 is 4.23. The molecule has 1 amide bonds. The van der Waals surface area contributed by atoms with E-state index in [2.05, 4.69) is 17.9 Å². The maximum atomic E-state index is 11.2. The fourth-order valence-electron chi connectivity index (χ4n) is 2.45. The van der Waals surface area contributed by atoms with E-state index in [1.807, 2.05) is 6.92 Å². The summed E-state index contributed by atoms with van der Waals surface area (Å²) in [5.74, 6) is 1.26. The Hall–Kier alpha value is -0.180. The van der Waals surface area contributed by atoms with Crippen molar-refractivity contribution in [1.29, 1.82) is 0 Å². The predicted molar refractivity (Wildman–Crippen MR) is 92.6 cm³/mol. The Kier molecular flexibility index (Phi) is 16.7. The first-order chi connectivity index (χ1) is 9.81. The molecule has 0 aliphatic rings. The van der Waals surface area contributed by atoms with Crippen LogP contribution < -0.4 is 5.32 Å². The first kappa shape index (κ1) is 19.8. The lowest BCUT2D eigenvalue weighted by molar-refractivity contribution is -0.121. The molecule has 0 saturated carbocycles. The van der Waals surface area contributed by atoms with Gasteiger partial charge in [0.1, 0.15) is 0 Å². The van der Waals surface area contributed by atoms with Crippen molar-refractivity contribution >= 4 is 18.5 Å². The zero-order valence-corrected chi connectivity index (χ0v) is 14.4. The number of rotatable bonds is 15. The fourth-order valence-corrected chi connectivity index (χ4v) is 2.67.